The van der Waals surface area contributed by atoms with Gasteiger partial charge < -0.3 is 18.6 Å². The highest BCUT2D eigenvalue weighted by Crippen LogP contribution is 2.38. The SMILES string of the molecule is Cc1ccc(S(=O)(=O)NC[C@H](NS(=O)(=O)c2ccc(C)cc2)[C@@H](OCc2ccccc2)[C@H](OCc2ccccc2)[C@@H](COCc2ccccc2)O[Si](C)(C)C(C)(C)C)cc1. The van der Waals surface area contributed by atoms with Crippen molar-refractivity contribution in [1.82, 2.24) is 9.44 Å². The maximum Gasteiger partial charge on any atom is 0.240 e. The maximum atomic E-state index is 14.4. The summed E-state index contributed by atoms with van der Waals surface area (Å²) in [6.07, 6.45) is -2.92. The van der Waals surface area contributed by atoms with Crippen molar-refractivity contribution >= 4 is 28.4 Å². The van der Waals surface area contributed by atoms with E-state index in [9.17, 15) is 16.8 Å². The zero-order valence-electron chi connectivity index (χ0n) is 35.7. The van der Waals surface area contributed by atoms with Gasteiger partial charge in [0.25, 0.3) is 0 Å². The summed E-state index contributed by atoms with van der Waals surface area (Å²) in [5.41, 5.74) is 4.45. The average Bonchev–Trinajstić information content (AvgIpc) is 3.21. The Morgan fingerprint density at radius 2 is 0.983 bits per heavy atom. The summed E-state index contributed by atoms with van der Waals surface area (Å²) in [7, 11) is -11.0. The molecule has 0 unspecified atom stereocenters. The molecule has 0 aliphatic carbocycles. The van der Waals surface area contributed by atoms with Crippen molar-refractivity contribution in [3.8, 4) is 0 Å². The summed E-state index contributed by atoms with van der Waals surface area (Å²) in [4.78, 5) is 0.0589. The van der Waals surface area contributed by atoms with Crippen LogP contribution in [-0.4, -0.2) is 62.7 Å². The molecule has 0 radical (unpaired) electrons. The van der Waals surface area contributed by atoms with Crippen LogP contribution in [0.1, 0.15) is 48.6 Å². The minimum absolute atomic E-state index is 0.0170. The van der Waals surface area contributed by atoms with Gasteiger partial charge in [0.1, 0.15) is 12.2 Å². The highest BCUT2D eigenvalue weighted by molar-refractivity contribution is 7.90. The van der Waals surface area contributed by atoms with Gasteiger partial charge in [0, 0.05) is 6.54 Å². The molecular weight excluding hydrogens is 813 g/mol. The summed E-state index contributed by atoms with van der Waals surface area (Å²) in [6, 6.07) is 40.7. The lowest BCUT2D eigenvalue weighted by Gasteiger charge is -2.44. The van der Waals surface area contributed by atoms with Crippen molar-refractivity contribution in [3.63, 3.8) is 0 Å². The number of ether oxygens (including phenoxy) is 3. The van der Waals surface area contributed by atoms with Gasteiger partial charge in [-0.2, -0.15) is 0 Å². The van der Waals surface area contributed by atoms with E-state index in [2.05, 4.69) is 43.3 Å². The van der Waals surface area contributed by atoms with E-state index in [1.54, 1.807) is 24.3 Å². The summed E-state index contributed by atoms with van der Waals surface area (Å²) in [5, 5.41) is -0.231. The van der Waals surface area contributed by atoms with Gasteiger partial charge in [-0.1, -0.05) is 147 Å². The summed E-state index contributed by atoms with van der Waals surface area (Å²) in [5.74, 6) is 0. The Balaban J connectivity index is 1.65. The van der Waals surface area contributed by atoms with Crippen LogP contribution < -0.4 is 9.44 Å². The van der Waals surface area contributed by atoms with Crippen molar-refractivity contribution in [2.45, 2.75) is 107 Å². The highest BCUT2D eigenvalue weighted by atomic mass is 32.2. The molecule has 0 heterocycles. The van der Waals surface area contributed by atoms with Gasteiger partial charge in [-0.15, -0.1) is 0 Å². The Labute approximate surface area is 358 Å². The van der Waals surface area contributed by atoms with Crippen LogP contribution in [0, 0.1) is 13.8 Å². The molecule has 2 N–H and O–H groups in total. The second-order valence-electron chi connectivity index (χ2n) is 16.6. The Hall–Kier alpha value is -4.02. The van der Waals surface area contributed by atoms with E-state index in [0.717, 1.165) is 27.8 Å². The number of hydrogen-bond donors (Lipinski definition) is 2. The van der Waals surface area contributed by atoms with Crippen LogP contribution in [-0.2, 0) is 58.5 Å². The van der Waals surface area contributed by atoms with E-state index in [4.69, 9.17) is 18.6 Å². The third-order valence-corrected chi connectivity index (χ3v) is 18.2. The first-order valence-electron chi connectivity index (χ1n) is 20.2. The van der Waals surface area contributed by atoms with Gasteiger partial charge in [-0.3, -0.25) is 0 Å². The third kappa shape index (κ3) is 13.7. The number of hydrogen-bond acceptors (Lipinski definition) is 8. The minimum Gasteiger partial charge on any atom is -0.409 e. The first-order valence-corrected chi connectivity index (χ1v) is 26.1. The fourth-order valence-corrected chi connectivity index (χ4v) is 9.83. The Morgan fingerprint density at radius 3 is 1.43 bits per heavy atom. The van der Waals surface area contributed by atoms with Crippen LogP contribution in [0.25, 0.3) is 0 Å². The number of sulfonamides is 2. The molecule has 0 bridgehead atoms. The average molecular weight is 873 g/mol. The monoisotopic (exact) mass is 872 g/mol. The minimum atomic E-state index is -4.26. The Morgan fingerprint density at radius 1 is 0.567 bits per heavy atom. The molecule has 13 heteroatoms. The van der Waals surface area contributed by atoms with E-state index < -0.39 is 52.7 Å². The molecule has 0 aliphatic heterocycles. The first kappa shape index (κ1) is 47.0. The molecule has 4 atom stereocenters. The van der Waals surface area contributed by atoms with Gasteiger partial charge in [-0.05, 0) is 72.9 Å². The van der Waals surface area contributed by atoms with Crippen LogP contribution in [0.4, 0.5) is 0 Å². The van der Waals surface area contributed by atoms with E-state index >= 15 is 0 Å². The zero-order valence-corrected chi connectivity index (χ0v) is 38.3. The van der Waals surface area contributed by atoms with Gasteiger partial charge >= 0.3 is 0 Å². The van der Waals surface area contributed by atoms with Crippen molar-refractivity contribution < 1.29 is 35.5 Å². The molecule has 0 amide bonds. The van der Waals surface area contributed by atoms with E-state index in [0.29, 0.717) is 6.61 Å². The number of rotatable bonds is 22. The van der Waals surface area contributed by atoms with E-state index in [1.807, 2.05) is 105 Å². The van der Waals surface area contributed by atoms with Gasteiger partial charge in [0.2, 0.25) is 20.0 Å². The topological polar surface area (TPSA) is 129 Å². The molecule has 322 valence electrons. The van der Waals surface area contributed by atoms with Gasteiger partial charge in [0.15, 0.2) is 8.32 Å². The maximum absolute atomic E-state index is 14.4. The predicted octanol–water partition coefficient (Wildman–Crippen LogP) is 8.71. The fraction of sp³-hybridized carbons (Fsp3) is 0.362. The van der Waals surface area contributed by atoms with Crippen LogP contribution >= 0.6 is 0 Å². The summed E-state index contributed by atoms with van der Waals surface area (Å²) >= 11 is 0. The quantitative estimate of drug-likeness (QED) is 0.0662. The standard InChI is InChI=1S/C47H60N2O8S2Si/c1-36-23-27-41(28-24-36)58(50,51)48-31-43(49-59(52,53)42-29-25-37(2)26-30-42)45(55-33-39-19-13-9-14-20-39)46(56-34-40-21-15-10-16-22-40)44(57-60(6,7)47(3,4)5)35-54-32-38-17-11-8-12-18-38/h8-30,43-46,48-49H,31-35H2,1-7H3/t43-,44+,45+,46+/m0/s1. The van der Waals surface area contributed by atoms with Crippen molar-refractivity contribution in [2.75, 3.05) is 13.2 Å². The molecule has 10 nitrogen and oxygen atoms in total. The van der Waals surface area contributed by atoms with Crippen LogP contribution in [0.15, 0.2) is 149 Å². The lowest BCUT2D eigenvalue weighted by molar-refractivity contribution is -0.150. The smallest absolute Gasteiger partial charge is 0.240 e. The summed E-state index contributed by atoms with van der Waals surface area (Å²) in [6.45, 7) is 14.6. The first-order chi connectivity index (χ1) is 28.4. The van der Waals surface area contributed by atoms with Crippen molar-refractivity contribution in [2.24, 2.45) is 0 Å². The molecular formula is C47H60N2O8S2Si. The lowest BCUT2D eigenvalue weighted by atomic mass is 10.0. The number of aryl methyl sites for hydroxylation is 2. The molecule has 5 rings (SSSR count). The van der Waals surface area contributed by atoms with Crippen molar-refractivity contribution in [1.29, 1.82) is 0 Å². The number of nitrogens with one attached hydrogen (secondary N) is 2. The summed E-state index contributed by atoms with van der Waals surface area (Å²) < 4.78 is 89.6. The molecule has 0 saturated carbocycles. The molecule has 0 aliphatic rings. The largest absolute Gasteiger partial charge is 0.409 e. The Bertz CT molecular complexity index is 2270. The normalized spacial score (nSPS) is 14.7. The van der Waals surface area contributed by atoms with Gasteiger partial charge in [0.05, 0.1) is 48.4 Å². The van der Waals surface area contributed by atoms with Crippen LogP contribution in [0.5, 0.6) is 0 Å². The predicted molar refractivity (Wildman–Crippen MR) is 240 cm³/mol. The number of benzene rings is 5. The zero-order chi connectivity index (χ0) is 43.4. The fourth-order valence-electron chi connectivity index (χ4n) is 6.22. The van der Waals surface area contributed by atoms with Crippen LogP contribution in [0.2, 0.25) is 18.1 Å². The van der Waals surface area contributed by atoms with Gasteiger partial charge in [-0.25, -0.2) is 26.3 Å². The molecule has 0 spiro atoms. The molecule has 0 aromatic heterocycles. The third-order valence-electron chi connectivity index (χ3n) is 10.8. The lowest BCUT2D eigenvalue weighted by Crippen LogP contribution is -2.60. The second kappa shape index (κ2) is 21.2. The molecule has 5 aromatic carbocycles. The molecule has 5 aromatic rings. The molecule has 0 fully saturated rings. The highest BCUT2D eigenvalue weighted by Gasteiger charge is 2.45. The van der Waals surface area contributed by atoms with Crippen LogP contribution in [0.3, 0.4) is 0 Å². The molecule has 60 heavy (non-hydrogen) atoms. The van der Waals surface area contributed by atoms with E-state index in [1.165, 1.54) is 24.3 Å². The Kier molecular flexibility index (Phi) is 16.6. The molecule has 0 saturated heterocycles. The van der Waals surface area contributed by atoms with E-state index in [-0.39, 0.29) is 41.2 Å². The van der Waals surface area contributed by atoms with Crippen molar-refractivity contribution in [3.05, 3.63) is 167 Å². The second-order valence-corrected chi connectivity index (χ2v) is 24.9.